The van der Waals surface area contributed by atoms with Crippen molar-refractivity contribution in [1.29, 1.82) is 0 Å². The van der Waals surface area contributed by atoms with Crippen molar-refractivity contribution in [2.75, 3.05) is 18.0 Å². The van der Waals surface area contributed by atoms with Gasteiger partial charge >= 0.3 is 0 Å². The van der Waals surface area contributed by atoms with Gasteiger partial charge in [-0.2, -0.15) is 0 Å². The highest BCUT2D eigenvalue weighted by molar-refractivity contribution is 7.92. The molecule has 2 atom stereocenters. The molecule has 0 fully saturated rings. The number of sulfonamides is 1. The number of anilines is 1. The number of ether oxygens (including phenoxy) is 1. The van der Waals surface area contributed by atoms with Gasteiger partial charge in [0.25, 0.3) is 10.0 Å². The summed E-state index contributed by atoms with van der Waals surface area (Å²) < 4.78 is 34.9. The maximum Gasteiger partial charge on any atom is 0.264 e. The second-order valence-corrected chi connectivity index (χ2v) is 14.0. The summed E-state index contributed by atoms with van der Waals surface area (Å²) in [7, 11) is -2.77. The molecule has 11 heteroatoms. The quantitative estimate of drug-likeness (QED) is 0.152. The van der Waals surface area contributed by atoms with Crippen LogP contribution >= 0.6 is 23.2 Å². The summed E-state index contributed by atoms with van der Waals surface area (Å²) >= 11 is 12.5. The molecule has 0 bridgehead atoms. The van der Waals surface area contributed by atoms with Gasteiger partial charge in [-0.15, -0.1) is 0 Å². The SMILES string of the molecule is CC[C@H](C)NC(=O)[C@H](Cc1ccccc1)N(Cc1ccc(Cl)c(Cl)c1)C(=O)CN(c1cccc(OC)c1)S(=O)(=O)c1ccc(C)cc1. The molecule has 47 heavy (non-hydrogen) atoms. The number of carbonyl (C=O) groups excluding carboxylic acids is 2. The van der Waals surface area contributed by atoms with E-state index in [0.717, 1.165) is 15.4 Å². The number of hydrogen-bond acceptors (Lipinski definition) is 5. The number of amides is 2. The Hall–Kier alpha value is -4.05. The predicted molar refractivity (Wildman–Crippen MR) is 188 cm³/mol. The molecule has 0 unspecified atom stereocenters. The number of halogens is 2. The van der Waals surface area contributed by atoms with Crippen molar-refractivity contribution in [3.05, 3.63) is 124 Å². The lowest BCUT2D eigenvalue weighted by atomic mass is 10.0. The van der Waals surface area contributed by atoms with Crippen LogP contribution in [0.15, 0.2) is 102 Å². The summed E-state index contributed by atoms with van der Waals surface area (Å²) in [5.74, 6) is -0.526. The highest BCUT2D eigenvalue weighted by Crippen LogP contribution is 2.29. The zero-order valence-corrected chi connectivity index (χ0v) is 29.1. The van der Waals surface area contributed by atoms with Crippen molar-refractivity contribution in [3.8, 4) is 5.75 Å². The second kappa shape index (κ2) is 16.2. The fraction of sp³-hybridized carbons (Fsp3) is 0.278. The molecule has 0 aliphatic heterocycles. The summed E-state index contributed by atoms with van der Waals surface area (Å²) in [6.07, 6.45) is 0.878. The number of benzene rings is 4. The van der Waals surface area contributed by atoms with Crippen LogP contribution in [0.25, 0.3) is 0 Å². The Balaban J connectivity index is 1.83. The second-order valence-electron chi connectivity index (χ2n) is 11.3. The van der Waals surface area contributed by atoms with E-state index in [2.05, 4.69) is 5.32 Å². The van der Waals surface area contributed by atoms with Gasteiger partial charge in [-0.05, 0) is 67.8 Å². The van der Waals surface area contributed by atoms with Crippen LogP contribution in [0.2, 0.25) is 10.0 Å². The zero-order valence-electron chi connectivity index (χ0n) is 26.8. The van der Waals surface area contributed by atoms with Crippen molar-refractivity contribution in [1.82, 2.24) is 10.2 Å². The summed E-state index contributed by atoms with van der Waals surface area (Å²) in [6.45, 7) is 5.08. The first kappa shape index (κ1) is 35.8. The summed E-state index contributed by atoms with van der Waals surface area (Å²) in [4.78, 5) is 30.0. The third kappa shape index (κ3) is 9.28. The minimum atomic E-state index is -4.25. The Labute approximate surface area is 287 Å². The lowest BCUT2D eigenvalue weighted by molar-refractivity contribution is -0.140. The molecular formula is C36H39Cl2N3O5S. The fourth-order valence-electron chi connectivity index (χ4n) is 4.96. The molecule has 248 valence electrons. The van der Waals surface area contributed by atoms with Crippen LogP contribution in [0, 0.1) is 6.92 Å². The van der Waals surface area contributed by atoms with Crippen LogP contribution in [0.4, 0.5) is 5.69 Å². The highest BCUT2D eigenvalue weighted by atomic mass is 35.5. The first-order valence-electron chi connectivity index (χ1n) is 15.2. The Morgan fingerprint density at radius 3 is 2.21 bits per heavy atom. The smallest absolute Gasteiger partial charge is 0.264 e. The Kier molecular flexibility index (Phi) is 12.3. The van der Waals surface area contributed by atoms with Crippen LogP contribution in [0.3, 0.4) is 0 Å². The molecular weight excluding hydrogens is 657 g/mol. The molecule has 0 aliphatic rings. The number of nitrogens with zero attached hydrogens (tertiary/aromatic N) is 2. The van der Waals surface area contributed by atoms with E-state index in [0.29, 0.717) is 27.8 Å². The van der Waals surface area contributed by atoms with Gasteiger partial charge in [0.05, 0.1) is 27.7 Å². The lowest BCUT2D eigenvalue weighted by Crippen LogP contribution is -2.54. The Morgan fingerprint density at radius 2 is 1.57 bits per heavy atom. The van der Waals surface area contributed by atoms with Crippen molar-refractivity contribution in [2.45, 2.75) is 57.1 Å². The van der Waals surface area contributed by atoms with E-state index in [1.54, 1.807) is 54.6 Å². The fourth-order valence-corrected chi connectivity index (χ4v) is 6.69. The standard InChI is InChI=1S/C36H39Cl2N3O5S/c1-5-26(3)39-36(43)34(21-27-10-7-6-8-11-27)40(23-28-16-19-32(37)33(38)20-28)35(42)24-41(29-12-9-13-30(22-29)46-4)47(44,45)31-17-14-25(2)15-18-31/h6-20,22,26,34H,5,21,23-24H2,1-4H3,(H,39,43)/t26-,34-/m0/s1. The monoisotopic (exact) mass is 695 g/mol. The van der Waals surface area contributed by atoms with Crippen LogP contribution in [0.5, 0.6) is 5.75 Å². The first-order chi connectivity index (χ1) is 22.4. The average Bonchev–Trinajstić information content (AvgIpc) is 3.07. The van der Waals surface area contributed by atoms with E-state index in [9.17, 15) is 18.0 Å². The molecule has 1 N–H and O–H groups in total. The van der Waals surface area contributed by atoms with Crippen LogP contribution < -0.4 is 14.4 Å². The minimum absolute atomic E-state index is 0.0186. The van der Waals surface area contributed by atoms with Gasteiger partial charge in [0, 0.05) is 25.1 Å². The molecule has 0 radical (unpaired) electrons. The normalized spacial score (nSPS) is 12.6. The lowest BCUT2D eigenvalue weighted by Gasteiger charge is -2.34. The third-order valence-electron chi connectivity index (χ3n) is 7.84. The molecule has 0 saturated heterocycles. The topological polar surface area (TPSA) is 96.0 Å². The number of rotatable bonds is 14. The van der Waals surface area contributed by atoms with E-state index in [1.165, 1.54) is 24.1 Å². The predicted octanol–water partition coefficient (Wildman–Crippen LogP) is 7.06. The number of hydrogen-bond donors (Lipinski definition) is 1. The average molecular weight is 697 g/mol. The van der Waals surface area contributed by atoms with Gasteiger partial charge < -0.3 is 15.0 Å². The molecule has 0 heterocycles. The molecule has 0 spiro atoms. The molecule has 2 amide bonds. The van der Waals surface area contributed by atoms with Crippen molar-refractivity contribution in [3.63, 3.8) is 0 Å². The van der Waals surface area contributed by atoms with E-state index in [1.807, 2.05) is 51.1 Å². The Bertz CT molecular complexity index is 1790. The molecule has 8 nitrogen and oxygen atoms in total. The summed E-state index contributed by atoms with van der Waals surface area (Å²) in [6, 6.07) is 26.1. The molecule has 0 aromatic heterocycles. The van der Waals surface area contributed by atoms with Crippen molar-refractivity contribution in [2.24, 2.45) is 0 Å². The number of carbonyl (C=O) groups is 2. The van der Waals surface area contributed by atoms with Crippen LogP contribution in [-0.2, 0) is 32.6 Å². The maximum atomic E-state index is 14.6. The van der Waals surface area contributed by atoms with Crippen LogP contribution in [0.1, 0.15) is 37.0 Å². The number of nitrogens with one attached hydrogen (secondary N) is 1. The minimum Gasteiger partial charge on any atom is -0.497 e. The molecule has 0 saturated carbocycles. The van der Waals surface area contributed by atoms with Crippen molar-refractivity contribution < 1.29 is 22.7 Å². The maximum absolute atomic E-state index is 14.6. The van der Waals surface area contributed by atoms with Gasteiger partial charge in [-0.1, -0.05) is 90.3 Å². The van der Waals surface area contributed by atoms with Gasteiger partial charge in [-0.25, -0.2) is 8.42 Å². The summed E-state index contributed by atoms with van der Waals surface area (Å²) in [5, 5.41) is 3.66. The van der Waals surface area contributed by atoms with Crippen molar-refractivity contribution >= 4 is 50.7 Å². The highest BCUT2D eigenvalue weighted by Gasteiger charge is 2.35. The molecule has 4 aromatic carbocycles. The van der Waals surface area contributed by atoms with Gasteiger partial charge in [0.1, 0.15) is 18.3 Å². The van der Waals surface area contributed by atoms with Gasteiger partial charge in [-0.3, -0.25) is 13.9 Å². The first-order valence-corrected chi connectivity index (χ1v) is 17.4. The zero-order chi connectivity index (χ0) is 34.1. The number of methoxy groups -OCH3 is 1. The van der Waals surface area contributed by atoms with Crippen LogP contribution in [-0.4, -0.2) is 50.9 Å². The van der Waals surface area contributed by atoms with E-state index in [4.69, 9.17) is 27.9 Å². The molecule has 4 aromatic rings. The molecule has 4 rings (SSSR count). The largest absolute Gasteiger partial charge is 0.497 e. The van der Waals surface area contributed by atoms with Gasteiger partial charge in [0.15, 0.2) is 0 Å². The third-order valence-corrected chi connectivity index (χ3v) is 10.4. The van der Waals surface area contributed by atoms with E-state index in [-0.39, 0.29) is 35.5 Å². The summed E-state index contributed by atoms with van der Waals surface area (Å²) in [5.41, 5.74) is 2.57. The Morgan fingerprint density at radius 1 is 0.872 bits per heavy atom. The van der Waals surface area contributed by atoms with Gasteiger partial charge in [0.2, 0.25) is 11.8 Å². The van der Waals surface area contributed by atoms with E-state index < -0.39 is 28.5 Å². The molecule has 0 aliphatic carbocycles. The van der Waals surface area contributed by atoms with E-state index >= 15 is 0 Å². The number of aryl methyl sites for hydroxylation is 1.